The molecule has 0 N–H and O–H groups in total. The molecule has 0 unspecified atom stereocenters. The van der Waals surface area contributed by atoms with Crippen molar-refractivity contribution in [1.29, 1.82) is 0 Å². The monoisotopic (exact) mass is 348 g/mol. The van der Waals surface area contributed by atoms with Gasteiger partial charge in [-0.15, -0.1) is 0 Å². The van der Waals surface area contributed by atoms with E-state index < -0.39 is 0 Å². The van der Waals surface area contributed by atoms with Gasteiger partial charge in [0, 0.05) is 11.0 Å². The molecular formula is C24H28O2. The maximum Gasteiger partial charge on any atom is 0.184 e. The van der Waals surface area contributed by atoms with Gasteiger partial charge in [0.15, 0.2) is 6.29 Å². The molecule has 5 atom stereocenters. The van der Waals surface area contributed by atoms with Crippen LogP contribution in [0.25, 0.3) is 0 Å². The SMILES string of the molecule is C[C@@]12CO[C@@H](c3ccccc3)O[C@H]1CC[C@]1(C)c3ccccc3CC[C@@H]21. The quantitative estimate of drug-likeness (QED) is 0.685. The van der Waals surface area contributed by atoms with Crippen LogP contribution in [0.1, 0.15) is 56.1 Å². The van der Waals surface area contributed by atoms with Gasteiger partial charge >= 0.3 is 0 Å². The molecule has 2 aliphatic carbocycles. The third kappa shape index (κ3) is 2.32. The number of hydrogen-bond acceptors (Lipinski definition) is 2. The molecule has 0 amide bonds. The van der Waals surface area contributed by atoms with E-state index in [0.29, 0.717) is 5.92 Å². The number of aryl methyl sites for hydroxylation is 1. The molecule has 0 bridgehead atoms. The molecule has 3 aliphatic rings. The van der Waals surface area contributed by atoms with Crippen molar-refractivity contribution in [3.8, 4) is 0 Å². The van der Waals surface area contributed by atoms with Crippen molar-refractivity contribution >= 4 is 0 Å². The molecule has 1 heterocycles. The van der Waals surface area contributed by atoms with Gasteiger partial charge in [-0.05, 0) is 48.1 Å². The van der Waals surface area contributed by atoms with Crippen molar-refractivity contribution in [1.82, 2.24) is 0 Å². The van der Waals surface area contributed by atoms with Crippen LogP contribution in [-0.4, -0.2) is 12.7 Å². The third-order valence-electron chi connectivity index (χ3n) is 7.47. The van der Waals surface area contributed by atoms with Gasteiger partial charge in [0.05, 0.1) is 12.7 Å². The lowest BCUT2D eigenvalue weighted by molar-refractivity contribution is -0.297. The van der Waals surface area contributed by atoms with E-state index in [1.807, 2.05) is 6.07 Å². The predicted molar refractivity (Wildman–Crippen MR) is 103 cm³/mol. The molecule has 1 aliphatic heterocycles. The second-order valence-electron chi connectivity index (χ2n) is 8.89. The average Bonchev–Trinajstić information content (AvgIpc) is 2.68. The first-order chi connectivity index (χ1) is 12.6. The van der Waals surface area contributed by atoms with Crippen molar-refractivity contribution in [2.24, 2.45) is 11.3 Å². The number of rotatable bonds is 1. The molecule has 0 aromatic heterocycles. The van der Waals surface area contributed by atoms with Gasteiger partial charge in [0.1, 0.15) is 0 Å². The Morgan fingerprint density at radius 3 is 2.54 bits per heavy atom. The highest BCUT2D eigenvalue weighted by Gasteiger charge is 2.58. The van der Waals surface area contributed by atoms with E-state index in [9.17, 15) is 0 Å². The molecule has 1 saturated carbocycles. The fourth-order valence-corrected chi connectivity index (χ4v) is 6.10. The van der Waals surface area contributed by atoms with E-state index in [0.717, 1.165) is 18.6 Å². The van der Waals surface area contributed by atoms with Gasteiger partial charge in [-0.2, -0.15) is 0 Å². The first-order valence-electron chi connectivity index (χ1n) is 10.0. The molecule has 26 heavy (non-hydrogen) atoms. The number of ether oxygens (including phenoxy) is 2. The van der Waals surface area contributed by atoms with Crippen molar-refractivity contribution in [2.45, 2.75) is 57.3 Å². The Labute approximate surface area is 156 Å². The highest BCUT2D eigenvalue weighted by Crippen LogP contribution is 2.59. The molecule has 2 aromatic carbocycles. The van der Waals surface area contributed by atoms with Crippen molar-refractivity contribution in [3.05, 3.63) is 71.3 Å². The van der Waals surface area contributed by atoms with Crippen LogP contribution in [0.15, 0.2) is 54.6 Å². The largest absolute Gasteiger partial charge is 0.348 e. The summed E-state index contributed by atoms with van der Waals surface area (Å²) in [5.41, 5.74) is 4.59. The van der Waals surface area contributed by atoms with E-state index in [-0.39, 0.29) is 23.2 Å². The minimum atomic E-state index is -0.213. The number of fused-ring (bicyclic) bond motifs is 5. The van der Waals surface area contributed by atoms with Crippen molar-refractivity contribution in [2.75, 3.05) is 6.61 Å². The summed E-state index contributed by atoms with van der Waals surface area (Å²) < 4.78 is 12.8. The molecule has 2 heteroatoms. The second-order valence-corrected chi connectivity index (χ2v) is 8.89. The molecule has 1 saturated heterocycles. The first-order valence-corrected chi connectivity index (χ1v) is 10.0. The van der Waals surface area contributed by atoms with Gasteiger partial charge < -0.3 is 9.47 Å². The van der Waals surface area contributed by atoms with Crippen LogP contribution in [0.5, 0.6) is 0 Å². The summed E-state index contributed by atoms with van der Waals surface area (Å²) in [6.07, 6.45) is 4.81. The fraction of sp³-hybridized carbons (Fsp3) is 0.500. The number of hydrogen-bond donors (Lipinski definition) is 0. The Hall–Kier alpha value is -1.64. The summed E-state index contributed by atoms with van der Waals surface area (Å²) in [6.45, 7) is 5.69. The lowest BCUT2D eigenvalue weighted by Gasteiger charge is -2.60. The number of benzene rings is 2. The lowest BCUT2D eigenvalue weighted by atomic mass is 9.49. The minimum Gasteiger partial charge on any atom is -0.348 e. The molecule has 2 fully saturated rings. The van der Waals surface area contributed by atoms with E-state index >= 15 is 0 Å². The molecule has 2 aromatic rings. The molecule has 0 spiro atoms. The Bertz CT molecular complexity index is 801. The highest BCUT2D eigenvalue weighted by atomic mass is 16.7. The van der Waals surface area contributed by atoms with E-state index in [1.54, 1.807) is 11.1 Å². The van der Waals surface area contributed by atoms with Crippen LogP contribution in [0, 0.1) is 11.3 Å². The van der Waals surface area contributed by atoms with Gasteiger partial charge in [-0.25, -0.2) is 0 Å². The van der Waals surface area contributed by atoms with Crippen LogP contribution in [0.4, 0.5) is 0 Å². The normalized spacial score (nSPS) is 38.8. The zero-order valence-electron chi connectivity index (χ0n) is 15.8. The standard InChI is InChI=1S/C24H28O2/c1-23-15-14-21-24(2,16-25-22(26-21)18-9-4-3-5-10-18)20(23)13-12-17-8-6-7-11-19(17)23/h3-11,20-22H,12-16H2,1-2H3/t20-,21+,22-,23-,24+/m1/s1. The van der Waals surface area contributed by atoms with Crippen LogP contribution in [0.2, 0.25) is 0 Å². The summed E-state index contributed by atoms with van der Waals surface area (Å²) in [4.78, 5) is 0. The summed E-state index contributed by atoms with van der Waals surface area (Å²) in [6, 6.07) is 19.5. The third-order valence-corrected chi connectivity index (χ3v) is 7.47. The zero-order valence-corrected chi connectivity index (χ0v) is 15.8. The molecular weight excluding hydrogens is 320 g/mol. The smallest absolute Gasteiger partial charge is 0.184 e. The summed E-state index contributed by atoms with van der Waals surface area (Å²) in [7, 11) is 0. The van der Waals surface area contributed by atoms with E-state index in [1.165, 1.54) is 19.3 Å². The van der Waals surface area contributed by atoms with Gasteiger partial charge in [-0.3, -0.25) is 0 Å². The Morgan fingerprint density at radius 1 is 0.923 bits per heavy atom. The molecule has 5 rings (SSSR count). The predicted octanol–water partition coefficient (Wildman–Crippen LogP) is 5.42. The molecule has 0 radical (unpaired) electrons. The van der Waals surface area contributed by atoms with E-state index in [2.05, 4.69) is 62.4 Å². The van der Waals surface area contributed by atoms with Crippen molar-refractivity contribution < 1.29 is 9.47 Å². The maximum absolute atomic E-state index is 6.54. The van der Waals surface area contributed by atoms with Crippen LogP contribution >= 0.6 is 0 Å². The zero-order chi connectivity index (χ0) is 17.8. The topological polar surface area (TPSA) is 18.5 Å². The fourth-order valence-electron chi connectivity index (χ4n) is 6.10. The summed E-state index contributed by atoms with van der Waals surface area (Å²) in [5, 5.41) is 0. The van der Waals surface area contributed by atoms with Crippen molar-refractivity contribution in [3.63, 3.8) is 0 Å². The molecule has 2 nitrogen and oxygen atoms in total. The lowest BCUT2D eigenvalue weighted by Crippen LogP contribution is -2.59. The average molecular weight is 348 g/mol. The second kappa shape index (κ2) is 5.94. The summed E-state index contributed by atoms with van der Waals surface area (Å²) >= 11 is 0. The Kier molecular flexibility index (Phi) is 3.77. The highest BCUT2D eigenvalue weighted by molar-refractivity contribution is 5.39. The van der Waals surface area contributed by atoms with E-state index in [4.69, 9.17) is 9.47 Å². The van der Waals surface area contributed by atoms with Gasteiger partial charge in [-0.1, -0.05) is 68.4 Å². The van der Waals surface area contributed by atoms with Crippen LogP contribution in [-0.2, 0) is 21.3 Å². The first kappa shape index (κ1) is 16.5. The Morgan fingerprint density at radius 2 is 1.69 bits per heavy atom. The summed E-state index contributed by atoms with van der Waals surface area (Å²) in [5.74, 6) is 0.611. The minimum absolute atomic E-state index is 0.0891. The maximum atomic E-state index is 6.54. The van der Waals surface area contributed by atoms with Crippen LogP contribution < -0.4 is 0 Å². The van der Waals surface area contributed by atoms with Gasteiger partial charge in [0.2, 0.25) is 0 Å². The van der Waals surface area contributed by atoms with Gasteiger partial charge in [0.25, 0.3) is 0 Å². The Balaban J connectivity index is 1.46. The van der Waals surface area contributed by atoms with Crippen LogP contribution in [0.3, 0.4) is 0 Å². The molecule has 136 valence electrons.